The number of nitrogens with zero attached hydrogens (tertiary/aromatic N) is 3. The van der Waals surface area contributed by atoms with E-state index in [1.807, 2.05) is 0 Å². The summed E-state index contributed by atoms with van der Waals surface area (Å²) in [6, 6.07) is 1.81. The summed E-state index contributed by atoms with van der Waals surface area (Å²) in [5.41, 5.74) is 40.0. The van der Waals surface area contributed by atoms with Crippen molar-refractivity contribution in [1.82, 2.24) is 47.4 Å². The average molecular weight is 1340 g/mol. The van der Waals surface area contributed by atoms with Crippen LogP contribution in [-0.4, -0.2) is 198 Å². The molecule has 1 heterocycles. The minimum Gasteiger partial charge on any atom is -0.508 e. The number of hydrogen-bond donors (Lipinski definition) is 18. The predicted molar refractivity (Wildman–Crippen MR) is 351 cm³/mol. The molecule has 8 atom stereocenters. The van der Waals surface area contributed by atoms with Crippen molar-refractivity contribution >= 4 is 77.0 Å². The molecule has 25 N–H and O–H groups in total. The maximum absolute atomic E-state index is 14.2. The van der Waals surface area contributed by atoms with Gasteiger partial charge in [-0.15, -0.1) is 0 Å². The lowest BCUT2D eigenvalue weighted by atomic mass is 10.0. The van der Waals surface area contributed by atoms with Crippen molar-refractivity contribution in [2.45, 2.75) is 183 Å². The van der Waals surface area contributed by atoms with Crippen molar-refractivity contribution in [3.8, 4) is 11.5 Å². The maximum Gasteiger partial charge on any atom is 0.328 e. The summed E-state index contributed by atoms with van der Waals surface area (Å²) < 4.78 is 4.93. The number of aliphatic imine (C=N–C) groups is 2. The summed E-state index contributed by atoms with van der Waals surface area (Å²) in [6.07, 6.45) is 4.27. The average Bonchev–Trinajstić information content (AvgIpc) is 1.75. The number of phenolic OH excluding ortho intramolecular Hbond substituents is 2. The molecule has 2 aromatic carbocycles. The number of aromatic hydroxyl groups is 2. The first kappa shape index (κ1) is 79.9. The summed E-state index contributed by atoms with van der Waals surface area (Å²) >= 11 is 0. The lowest BCUT2D eigenvalue weighted by molar-refractivity contribution is -0.145. The van der Waals surface area contributed by atoms with Gasteiger partial charge in [-0.3, -0.25) is 57.9 Å². The van der Waals surface area contributed by atoms with Crippen LogP contribution in [0.15, 0.2) is 58.5 Å². The molecule has 1 fully saturated rings. The van der Waals surface area contributed by atoms with Gasteiger partial charge >= 0.3 is 5.97 Å². The molecule has 0 aliphatic carbocycles. The van der Waals surface area contributed by atoms with Gasteiger partial charge in [0.1, 0.15) is 59.8 Å². The van der Waals surface area contributed by atoms with E-state index in [1.165, 1.54) is 41.3 Å². The smallest absolute Gasteiger partial charge is 0.328 e. The molecule has 0 bridgehead atoms. The van der Waals surface area contributed by atoms with Gasteiger partial charge in [-0.25, -0.2) is 4.79 Å². The molecular formula is C62H100N18O15. The summed E-state index contributed by atoms with van der Waals surface area (Å²) in [4.78, 5) is 158. The van der Waals surface area contributed by atoms with Crippen molar-refractivity contribution in [3.05, 3.63) is 59.7 Å². The lowest BCUT2D eigenvalue weighted by Gasteiger charge is -2.30. The Bertz CT molecular complexity index is 2860. The van der Waals surface area contributed by atoms with E-state index in [0.29, 0.717) is 62.7 Å². The number of carbonyl (C=O) groups excluding carboxylic acids is 11. The Kier molecular flexibility index (Phi) is 37.2. The number of unbranched alkanes of at least 4 members (excludes halogenated alkanes) is 5. The number of primary amides is 1. The number of nitrogens with two attached hydrogens (primary N) is 7. The number of rotatable bonds is 46. The van der Waals surface area contributed by atoms with Gasteiger partial charge in [-0.1, -0.05) is 37.1 Å². The molecule has 1 aliphatic rings. The van der Waals surface area contributed by atoms with Crippen molar-refractivity contribution < 1.29 is 72.8 Å². The molecule has 2 aromatic rings. The Balaban J connectivity index is 1.67. The first-order chi connectivity index (χ1) is 45.4. The molecule has 3 rings (SSSR count). The van der Waals surface area contributed by atoms with E-state index in [0.717, 1.165) is 20.0 Å². The number of guanidine groups is 2. The summed E-state index contributed by atoms with van der Waals surface area (Å²) in [6.45, 7) is 0.290. The minimum atomic E-state index is -1.53. The third kappa shape index (κ3) is 31.4. The number of amides is 10. The fraction of sp³-hybridized carbons (Fsp3) is 0.597. The Hall–Kier alpha value is -9.37. The van der Waals surface area contributed by atoms with E-state index in [9.17, 15) is 68.1 Å². The Morgan fingerprint density at radius 3 is 1.45 bits per heavy atom. The second-order valence-corrected chi connectivity index (χ2v) is 23.1. The van der Waals surface area contributed by atoms with E-state index in [2.05, 4.69) is 52.5 Å². The number of aliphatic hydroxyl groups excluding tert-OH is 1. The number of methoxy groups -OCH3 is 1. The standard InChI is InChI=1S/C62H100N18O15/c1-95-60(94)47(36-39-21-25-41(83)26-22-39)78-55(89)44(15-11-33-72-62(68)69)76-56(90)45(27-28-50(65)84)77-54(88)43(14-10-32-71-61(66)67)73-51(85)18-5-3-9-31-70-53(87)42(13-6-8-30-64)75-57(91)48(37-81)79-58(92)49-16-12-34-80(49)59(93)46(35-38-19-23-40(82)24-20-38)74-52(86)17-4-2-7-29-63/h19-26,42-49,81-83H,2-18,27-37,63-64H2,1H3,(H2,65,84)(H,70,87)(H,73,85)(H,74,86)(H,75,91)(H,76,90)(H,77,88)(H,78,89)(H,79,92)(H4,66,67,71)(H4,68,69,72)/t42-,43-,44-,45-,46-,47-,48-,49-/m0/s1. The van der Waals surface area contributed by atoms with Crippen molar-refractivity contribution in [2.75, 3.05) is 53.0 Å². The van der Waals surface area contributed by atoms with Gasteiger partial charge < -0.3 is 108 Å². The molecule has 95 heavy (non-hydrogen) atoms. The normalized spacial score (nSPS) is 14.7. The number of ether oxygens (including phenoxy) is 1. The molecule has 0 spiro atoms. The highest BCUT2D eigenvalue weighted by molar-refractivity contribution is 5.97. The molecule has 0 radical (unpaired) electrons. The van der Waals surface area contributed by atoms with Crippen LogP contribution in [0.2, 0.25) is 0 Å². The van der Waals surface area contributed by atoms with Crippen LogP contribution in [0.25, 0.3) is 0 Å². The van der Waals surface area contributed by atoms with Crippen LogP contribution in [0.1, 0.15) is 133 Å². The number of likely N-dealkylation sites (tertiary alicyclic amines) is 1. The van der Waals surface area contributed by atoms with Gasteiger partial charge in [-0.2, -0.15) is 0 Å². The summed E-state index contributed by atoms with van der Waals surface area (Å²) in [7, 11) is 1.12. The molecular weight excluding hydrogens is 1240 g/mol. The number of benzene rings is 2. The topological polar surface area (TPSA) is 564 Å². The number of nitrogens with one attached hydrogen (secondary N) is 8. The molecule has 1 saturated heterocycles. The van der Waals surface area contributed by atoms with E-state index < -0.39 is 120 Å². The lowest BCUT2D eigenvalue weighted by Crippen LogP contribution is -2.59. The van der Waals surface area contributed by atoms with E-state index in [-0.39, 0.29) is 133 Å². The number of phenols is 2. The first-order valence-corrected chi connectivity index (χ1v) is 32.1. The summed E-state index contributed by atoms with van der Waals surface area (Å²) in [5.74, 6) is -8.35. The Labute approximate surface area is 552 Å². The molecule has 0 unspecified atom stereocenters. The SMILES string of the molecule is COC(=O)[C@H](Cc1ccc(O)cc1)NC(=O)[C@H](CCCN=C(N)N)NC(=O)[C@H](CCC(N)=O)NC(=O)[C@H](CCCN=C(N)N)NC(=O)CCCCCNC(=O)[C@H](CCCCN)NC(=O)[C@H](CO)NC(=O)[C@@H]1CCCN1C(=O)[C@H](Cc1ccc(O)cc1)NC(=O)CCCCCN. The zero-order valence-electron chi connectivity index (χ0n) is 54.2. The van der Waals surface area contributed by atoms with Crippen LogP contribution in [0.5, 0.6) is 11.5 Å². The number of hydrogen-bond acceptors (Lipinski definition) is 19. The quantitative estimate of drug-likeness (QED) is 0.0131. The first-order valence-electron chi connectivity index (χ1n) is 32.1. The predicted octanol–water partition coefficient (Wildman–Crippen LogP) is -3.87. The third-order valence-electron chi connectivity index (χ3n) is 15.4. The molecule has 0 saturated carbocycles. The molecule has 10 amide bonds. The molecule has 528 valence electrons. The van der Waals surface area contributed by atoms with Crippen molar-refractivity contribution in [3.63, 3.8) is 0 Å². The third-order valence-corrected chi connectivity index (χ3v) is 15.4. The highest BCUT2D eigenvalue weighted by Crippen LogP contribution is 2.22. The van der Waals surface area contributed by atoms with Crippen LogP contribution >= 0.6 is 0 Å². The second-order valence-electron chi connectivity index (χ2n) is 23.1. The zero-order chi connectivity index (χ0) is 70.2. The van der Waals surface area contributed by atoms with Gasteiger partial charge in [0, 0.05) is 58.3 Å². The Morgan fingerprint density at radius 1 is 0.516 bits per heavy atom. The van der Waals surface area contributed by atoms with Gasteiger partial charge in [0.05, 0.1) is 13.7 Å². The largest absolute Gasteiger partial charge is 0.508 e. The molecule has 33 nitrogen and oxygen atoms in total. The highest BCUT2D eigenvalue weighted by Gasteiger charge is 2.40. The Morgan fingerprint density at radius 2 is 0.958 bits per heavy atom. The number of esters is 1. The van der Waals surface area contributed by atoms with Crippen LogP contribution in [0, 0.1) is 0 Å². The van der Waals surface area contributed by atoms with Crippen molar-refractivity contribution in [1.29, 1.82) is 0 Å². The van der Waals surface area contributed by atoms with Gasteiger partial charge in [0.25, 0.3) is 0 Å². The van der Waals surface area contributed by atoms with Crippen LogP contribution in [0.4, 0.5) is 0 Å². The molecule has 1 aliphatic heterocycles. The second kappa shape index (κ2) is 44.3. The monoisotopic (exact) mass is 1340 g/mol. The fourth-order valence-corrected chi connectivity index (χ4v) is 10.2. The number of aliphatic hydroxyl groups is 1. The minimum absolute atomic E-state index is 0.0131. The van der Waals surface area contributed by atoms with Gasteiger partial charge in [-0.05, 0) is 138 Å². The van der Waals surface area contributed by atoms with Gasteiger partial charge in [0.2, 0.25) is 59.1 Å². The van der Waals surface area contributed by atoms with Gasteiger partial charge in [0.15, 0.2) is 11.9 Å². The molecule has 0 aromatic heterocycles. The number of carbonyl (C=O) groups is 11. The summed E-state index contributed by atoms with van der Waals surface area (Å²) in [5, 5.41) is 51.2. The molecule has 33 heteroatoms. The maximum atomic E-state index is 14.2. The van der Waals surface area contributed by atoms with E-state index in [4.69, 9.17) is 44.9 Å². The van der Waals surface area contributed by atoms with Crippen LogP contribution in [0.3, 0.4) is 0 Å². The van der Waals surface area contributed by atoms with E-state index in [1.54, 1.807) is 12.1 Å². The fourth-order valence-electron chi connectivity index (χ4n) is 10.2. The van der Waals surface area contributed by atoms with Crippen LogP contribution in [-0.2, 0) is 70.3 Å². The van der Waals surface area contributed by atoms with Crippen molar-refractivity contribution in [2.24, 2.45) is 50.1 Å². The van der Waals surface area contributed by atoms with E-state index >= 15 is 0 Å². The van der Waals surface area contributed by atoms with Crippen LogP contribution < -0.4 is 82.7 Å². The zero-order valence-corrected chi connectivity index (χ0v) is 54.2. The highest BCUT2D eigenvalue weighted by atomic mass is 16.5.